The van der Waals surface area contributed by atoms with Gasteiger partial charge in [-0.1, -0.05) is 18.2 Å². The minimum atomic E-state index is -4.83. The van der Waals surface area contributed by atoms with Crippen LogP contribution in [0.15, 0.2) is 73.1 Å². The second-order valence-electron chi connectivity index (χ2n) is 6.81. The number of pyridine rings is 1. The topological polar surface area (TPSA) is 72.0 Å². The van der Waals surface area contributed by atoms with E-state index in [-0.39, 0.29) is 18.8 Å². The number of rotatable bonds is 6. The quantitative estimate of drug-likeness (QED) is 0.515. The molecule has 10 heteroatoms. The zero-order valence-electron chi connectivity index (χ0n) is 16.5. The van der Waals surface area contributed by atoms with Crippen LogP contribution in [0, 0.1) is 0 Å². The van der Waals surface area contributed by atoms with Crippen molar-refractivity contribution >= 4 is 17.6 Å². The van der Waals surface area contributed by atoms with E-state index in [0.29, 0.717) is 17.1 Å². The van der Waals surface area contributed by atoms with Crippen LogP contribution in [0.2, 0.25) is 0 Å². The van der Waals surface area contributed by atoms with E-state index in [9.17, 15) is 22.8 Å². The van der Waals surface area contributed by atoms with Crippen LogP contribution >= 0.6 is 0 Å². The Bertz CT molecular complexity index is 1120. The number of benzene rings is 2. The first-order chi connectivity index (χ1) is 15.3. The number of ether oxygens (including phenoxy) is 2. The molecule has 164 valence electrons. The maximum absolute atomic E-state index is 12.9. The summed E-state index contributed by atoms with van der Waals surface area (Å²) in [5.74, 6) is 0.0789. The number of amides is 3. The molecule has 0 bridgehead atoms. The summed E-state index contributed by atoms with van der Waals surface area (Å²) in [6.07, 6.45) is -1.77. The fourth-order valence-electron chi connectivity index (χ4n) is 3.18. The molecule has 32 heavy (non-hydrogen) atoms. The van der Waals surface area contributed by atoms with E-state index in [4.69, 9.17) is 4.74 Å². The van der Waals surface area contributed by atoms with Crippen molar-refractivity contribution in [3.05, 3.63) is 78.6 Å². The summed E-state index contributed by atoms with van der Waals surface area (Å²) in [6, 6.07) is 14.6. The van der Waals surface area contributed by atoms with Crippen molar-refractivity contribution < 1.29 is 32.2 Å². The van der Waals surface area contributed by atoms with Gasteiger partial charge in [-0.15, -0.1) is 13.2 Å². The normalized spacial score (nSPS) is 14.1. The van der Waals surface area contributed by atoms with Gasteiger partial charge in [0.2, 0.25) is 0 Å². The summed E-state index contributed by atoms with van der Waals surface area (Å²) in [6.45, 7) is -0.103. The van der Waals surface area contributed by atoms with Crippen LogP contribution in [-0.4, -0.2) is 34.7 Å². The highest BCUT2D eigenvalue weighted by Crippen LogP contribution is 2.30. The highest BCUT2D eigenvalue weighted by atomic mass is 19.4. The van der Waals surface area contributed by atoms with E-state index in [2.05, 4.69) is 9.72 Å². The molecule has 0 unspecified atom stereocenters. The lowest BCUT2D eigenvalue weighted by atomic mass is 10.2. The molecule has 1 fully saturated rings. The number of alkyl halides is 3. The summed E-state index contributed by atoms with van der Waals surface area (Å²) in [5, 5.41) is 0. The number of anilines is 1. The average molecular weight is 443 g/mol. The zero-order chi connectivity index (χ0) is 22.7. The molecular weight excluding hydrogens is 427 g/mol. The lowest BCUT2D eigenvalue weighted by Gasteiger charge is -2.19. The predicted molar refractivity (Wildman–Crippen MR) is 107 cm³/mol. The standard InChI is InChI=1S/C22H16F3N3O4/c23-22(24,25)32-18-8-6-16(7-9-18)28-20(29)14-27(21(28)30)13-15-10-11-26-12-19(15)31-17-4-2-1-3-5-17/h1-12H,13-14H2. The van der Waals surface area contributed by atoms with E-state index in [1.165, 1.54) is 23.2 Å². The Balaban J connectivity index is 1.49. The van der Waals surface area contributed by atoms with Crippen molar-refractivity contribution in [2.24, 2.45) is 0 Å². The van der Waals surface area contributed by atoms with Gasteiger partial charge in [0.15, 0.2) is 5.75 Å². The minimum absolute atomic E-state index is 0.0844. The van der Waals surface area contributed by atoms with Gasteiger partial charge in [-0.05, 0) is 42.5 Å². The average Bonchev–Trinajstić information content (AvgIpc) is 3.03. The molecule has 0 atom stereocenters. The molecule has 2 aromatic carbocycles. The van der Waals surface area contributed by atoms with Gasteiger partial charge in [0, 0.05) is 11.8 Å². The summed E-state index contributed by atoms with van der Waals surface area (Å²) >= 11 is 0. The van der Waals surface area contributed by atoms with Crippen molar-refractivity contribution in [2.75, 3.05) is 11.4 Å². The van der Waals surface area contributed by atoms with E-state index in [1.54, 1.807) is 24.4 Å². The Kier molecular flexibility index (Phi) is 5.67. The number of carbonyl (C=O) groups is 2. The summed E-state index contributed by atoms with van der Waals surface area (Å²) in [4.78, 5) is 31.6. The van der Waals surface area contributed by atoms with Gasteiger partial charge < -0.3 is 14.4 Å². The molecule has 0 spiro atoms. The monoisotopic (exact) mass is 443 g/mol. The number of nitrogens with zero attached hydrogens (tertiary/aromatic N) is 3. The molecule has 1 aliphatic heterocycles. The Labute approximate surface area is 180 Å². The molecule has 0 aliphatic carbocycles. The summed E-state index contributed by atoms with van der Waals surface area (Å²) in [7, 11) is 0. The second kappa shape index (κ2) is 8.58. The van der Waals surface area contributed by atoms with Crippen LogP contribution in [0.25, 0.3) is 0 Å². The van der Waals surface area contributed by atoms with Crippen molar-refractivity contribution in [3.8, 4) is 17.2 Å². The van der Waals surface area contributed by atoms with Gasteiger partial charge in [0.05, 0.1) is 18.4 Å². The molecule has 0 saturated carbocycles. The fraction of sp³-hybridized carbons (Fsp3) is 0.136. The van der Waals surface area contributed by atoms with Crippen LogP contribution in [0.3, 0.4) is 0 Å². The minimum Gasteiger partial charge on any atom is -0.455 e. The maximum Gasteiger partial charge on any atom is 0.573 e. The molecule has 1 saturated heterocycles. The fourth-order valence-corrected chi connectivity index (χ4v) is 3.18. The molecule has 1 aromatic heterocycles. The third-order valence-corrected chi connectivity index (χ3v) is 4.57. The Morgan fingerprint density at radius 2 is 1.66 bits per heavy atom. The first-order valence-electron chi connectivity index (χ1n) is 9.43. The van der Waals surface area contributed by atoms with Gasteiger partial charge in [-0.25, -0.2) is 9.69 Å². The Morgan fingerprint density at radius 1 is 0.938 bits per heavy atom. The van der Waals surface area contributed by atoms with Crippen LogP contribution in [0.1, 0.15) is 5.56 Å². The van der Waals surface area contributed by atoms with Crippen LogP contribution in [0.4, 0.5) is 23.7 Å². The number of urea groups is 1. The van der Waals surface area contributed by atoms with Gasteiger partial charge in [-0.3, -0.25) is 9.78 Å². The Hall–Kier alpha value is -4.08. The van der Waals surface area contributed by atoms with Gasteiger partial charge >= 0.3 is 12.4 Å². The number of imide groups is 1. The number of aromatic nitrogens is 1. The number of hydrogen-bond donors (Lipinski definition) is 0. The second-order valence-corrected chi connectivity index (χ2v) is 6.81. The lowest BCUT2D eigenvalue weighted by Crippen LogP contribution is -2.32. The van der Waals surface area contributed by atoms with E-state index in [0.717, 1.165) is 17.0 Å². The van der Waals surface area contributed by atoms with Crippen molar-refractivity contribution in [1.29, 1.82) is 0 Å². The van der Waals surface area contributed by atoms with E-state index < -0.39 is 24.1 Å². The number of halogens is 3. The third kappa shape index (κ3) is 4.80. The van der Waals surface area contributed by atoms with Crippen molar-refractivity contribution in [1.82, 2.24) is 9.88 Å². The highest BCUT2D eigenvalue weighted by molar-refractivity contribution is 6.19. The largest absolute Gasteiger partial charge is 0.573 e. The molecule has 3 amide bonds. The van der Waals surface area contributed by atoms with E-state index >= 15 is 0 Å². The van der Waals surface area contributed by atoms with Crippen LogP contribution < -0.4 is 14.4 Å². The molecule has 3 aromatic rings. The molecule has 4 rings (SSSR count). The van der Waals surface area contributed by atoms with Crippen LogP contribution in [-0.2, 0) is 11.3 Å². The van der Waals surface area contributed by atoms with Gasteiger partial charge in [0.25, 0.3) is 5.91 Å². The van der Waals surface area contributed by atoms with Crippen LogP contribution in [0.5, 0.6) is 17.2 Å². The zero-order valence-corrected chi connectivity index (χ0v) is 16.5. The maximum atomic E-state index is 12.9. The van der Waals surface area contributed by atoms with Crippen molar-refractivity contribution in [2.45, 2.75) is 12.9 Å². The number of hydrogen-bond acceptors (Lipinski definition) is 5. The van der Waals surface area contributed by atoms with Crippen molar-refractivity contribution in [3.63, 3.8) is 0 Å². The number of carbonyl (C=O) groups excluding carboxylic acids is 2. The first kappa shape index (κ1) is 21.2. The Morgan fingerprint density at radius 3 is 2.34 bits per heavy atom. The van der Waals surface area contributed by atoms with Gasteiger partial charge in [0.1, 0.15) is 18.0 Å². The predicted octanol–water partition coefficient (Wildman–Crippen LogP) is 4.74. The highest BCUT2D eigenvalue weighted by Gasteiger charge is 2.38. The van der Waals surface area contributed by atoms with E-state index in [1.807, 2.05) is 18.2 Å². The summed E-state index contributed by atoms with van der Waals surface area (Å²) < 4.78 is 46.7. The third-order valence-electron chi connectivity index (χ3n) is 4.57. The molecule has 7 nitrogen and oxygen atoms in total. The number of para-hydroxylation sites is 1. The summed E-state index contributed by atoms with van der Waals surface area (Å²) in [5.41, 5.74) is 0.785. The molecule has 1 aliphatic rings. The molecule has 0 radical (unpaired) electrons. The SMILES string of the molecule is O=C1CN(Cc2ccncc2Oc2ccccc2)C(=O)N1c1ccc(OC(F)(F)F)cc1. The molecular formula is C22H16F3N3O4. The van der Waals surface area contributed by atoms with Gasteiger partial charge in [-0.2, -0.15) is 0 Å². The molecule has 2 heterocycles. The first-order valence-corrected chi connectivity index (χ1v) is 9.43. The lowest BCUT2D eigenvalue weighted by molar-refractivity contribution is -0.274. The molecule has 0 N–H and O–H groups in total. The smallest absolute Gasteiger partial charge is 0.455 e.